The van der Waals surface area contributed by atoms with Gasteiger partial charge in [-0.1, -0.05) is 43.7 Å². The van der Waals surface area contributed by atoms with Gasteiger partial charge in [0.25, 0.3) is 0 Å². The summed E-state index contributed by atoms with van der Waals surface area (Å²) in [5, 5.41) is -0.370. The number of benzene rings is 1. The monoisotopic (exact) mass is 248 g/mol. The minimum atomic E-state index is -0.370. The summed E-state index contributed by atoms with van der Waals surface area (Å²) in [7, 11) is 0. The number of hydrogen-bond donors (Lipinski definition) is 0. The smallest absolute Gasteiger partial charge is 0.177 e. The molecular formula is C15H17ClO. The van der Waals surface area contributed by atoms with E-state index in [0.717, 1.165) is 29.6 Å². The van der Waals surface area contributed by atoms with Crippen LogP contribution >= 0.6 is 11.6 Å². The summed E-state index contributed by atoms with van der Waals surface area (Å²) in [6.07, 6.45) is 2.02. The van der Waals surface area contributed by atoms with E-state index in [2.05, 4.69) is 19.1 Å². The first-order valence-electron chi connectivity index (χ1n) is 6.11. The maximum absolute atomic E-state index is 12.0. The van der Waals surface area contributed by atoms with Gasteiger partial charge in [0.05, 0.1) is 0 Å². The van der Waals surface area contributed by atoms with Crippen LogP contribution in [0.4, 0.5) is 0 Å². The van der Waals surface area contributed by atoms with Gasteiger partial charge in [-0.2, -0.15) is 0 Å². The molecule has 0 saturated carbocycles. The lowest BCUT2D eigenvalue weighted by atomic mass is 9.90. The zero-order valence-electron chi connectivity index (χ0n) is 10.2. The molecule has 2 heteroatoms. The molecule has 1 aliphatic carbocycles. The molecule has 2 rings (SSSR count). The van der Waals surface area contributed by atoms with Gasteiger partial charge in [0.2, 0.25) is 0 Å². The Morgan fingerprint density at radius 1 is 1.24 bits per heavy atom. The summed E-state index contributed by atoms with van der Waals surface area (Å²) in [4.78, 5) is 12.0. The molecule has 2 atom stereocenters. The molecule has 0 saturated heterocycles. The quantitative estimate of drug-likeness (QED) is 0.737. The van der Waals surface area contributed by atoms with Gasteiger partial charge in [0.15, 0.2) is 5.78 Å². The Morgan fingerprint density at radius 3 is 2.47 bits per heavy atom. The fourth-order valence-electron chi connectivity index (χ4n) is 2.60. The van der Waals surface area contributed by atoms with Crippen molar-refractivity contribution in [1.29, 1.82) is 0 Å². The standard InChI is InChI=1S/C15H17ClO/c1-3-7-12-13(10(2)15(17)14(12)16)11-8-5-4-6-9-11/h4-6,8-9,12,14H,3,7H2,1-2H3/t12-,14-/m1/s1. The molecule has 0 bridgehead atoms. The van der Waals surface area contributed by atoms with Crippen LogP contribution in [0.1, 0.15) is 32.3 Å². The van der Waals surface area contributed by atoms with Crippen LogP contribution in [0.2, 0.25) is 0 Å². The molecular weight excluding hydrogens is 232 g/mol. The van der Waals surface area contributed by atoms with Crippen molar-refractivity contribution < 1.29 is 4.79 Å². The van der Waals surface area contributed by atoms with Crippen LogP contribution in [-0.2, 0) is 4.79 Å². The zero-order chi connectivity index (χ0) is 12.4. The predicted molar refractivity (Wildman–Crippen MR) is 72.1 cm³/mol. The van der Waals surface area contributed by atoms with Gasteiger partial charge < -0.3 is 0 Å². The average molecular weight is 249 g/mol. The lowest BCUT2D eigenvalue weighted by Gasteiger charge is -2.17. The van der Waals surface area contributed by atoms with E-state index in [0.29, 0.717) is 0 Å². The number of carbonyl (C=O) groups is 1. The molecule has 1 aromatic carbocycles. The van der Waals surface area contributed by atoms with Crippen molar-refractivity contribution in [1.82, 2.24) is 0 Å². The minimum Gasteiger partial charge on any atom is -0.293 e. The first kappa shape index (κ1) is 12.4. The molecule has 1 nitrogen and oxygen atoms in total. The van der Waals surface area contributed by atoms with Crippen LogP contribution in [-0.4, -0.2) is 11.2 Å². The van der Waals surface area contributed by atoms with Gasteiger partial charge in [0.1, 0.15) is 5.38 Å². The molecule has 0 aliphatic heterocycles. The molecule has 0 aromatic heterocycles. The van der Waals surface area contributed by atoms with Gasteiger partial charge in [-0.15, -0.1) is 11.6 Å². The SMILES string of the molecule is CCC[C@@H]1C(c2ccccc2)=C(C)C(=O)[C@@H]1Cl. The van der Waals surface area contributed by atoms with Gasteiger partial charge in [0, 0.05) is 5.92 Å². The van der Waals surface area contributed by atoms with E-state index in [9.17, 15) is 4.79 Å². The van der Waals surface area contributed by atoms with E-state index in [1.54, 1.807) is 0 Å². The molecule has 0 N–H and O–H groups in total. The van der Waals surface area contributed by atoms with E-state index in [4.69, 9.17) is 11.6 Å². The Kier molecular flexibility index (Phi) is 3.68. The molecule has 17 heavy (non-hydrogen) atoms. The van der Waals surface area contributed by atoms with Crippen LogP contribution in [0.5, 0.6) is 0 Å². The van der Waals surface area contributed by atoms with Crippen LogP contribution < -0.4 is 0 Å². The van der Waals surface area contributed by atoms with Crippen LogP contribution in [0.15, 0.2) is 35.9 Å². The van der Waals surface area contributed by atoms with Crippen molar-refractivity contribution in [3.05, 3.63) is 41.5 Å². The number of alkyl halides is 1. The number of Topliss-reactive ketones (excluding diaryl/α,β-unsaturated/α-hetero) is 1. The third-order valence-electron chi connectivity index (χ3n) is 3.43. The summed E-state index contributed by atoms with van der Waals surface area (Å²) in [6.45, 7) is 4.03. The van der Waals surface area contributed by atoms with Crippen LogP contribution in [0, 0.1) is 5.92 Å². The summed E-state index contributed by atoms with van der Waals surface area (Å²) < 4.78 is 0. The summed E-state index contributed by atoms with van der Waals surface area (Å²) in [6, 6.07) is 10.1. The lowest BCUT2D eigenvalue weighted by molar-refractivity contribution is -0.115. The first-order valence-corrected chi connectivity index (χ1v) is 6.55. The Bertz CT molecular complexity index is 447. The van der Waals surface area contributed by atoms with E-state index < -0.39 is 0 Å². The molecule has 0 unspecified atom stereocenters. The molecule has 0 radical (unpaired) electrons. The highest BCUT2D eigenvalue weighted by Gasteiger charge is 2.38. The second-order valence-electron chi connectivity index (χ2n) is 4.57. The first-order chi connectivity index (χ1) is 8.16. The van der Waals surface area contributed by atoms with Crippen molar-refractivity contribution in [3.8, 4) is 0 Å². The van der Waals surface area contributed by atoms with Gasteiger partial charge in [-0.3, -0.25) is 4.79 Å². The highest BCUT2D eigenvalue weighted by Crippen LogP contribution is 2.41. The fraction of sp³-hybridized carbons (Fsp3) is 0.400. The van der Waals surface area contributed by atoms with E-state index in [-0.39, 0.29) is 17.1 Å². The maximum Gasteiger partial charge on any atom is 0.177 e. The third kappa shape index (κ3) is 2.16. The number of ketones is 1. The van der Waals surface area contributed by atoms with E-state index in [1.807, 2.05) is 25.1 Å². The summed E-state index contributed by atoms with van der Waals surface area (Å²) in [5.74, 6) is 0.278. The van der Waals surface area contributed by atoms with Crippen molar-refractivity contribution in [2.24, 2.45) is 5.92 Å². The highest BCUT2D eigenvalue weighted by atomic mass is 35.5. The normalized spacial score (nSPS) is 24.5. The second kappa shape index (κ2) is 5.05. The predicted octanol–water partition coefficient (Wildman–Crippen LogP) is 4.07. The van der Waals surface area contributed by atoms with Gasteiger partial charge >= 0.3 is 0 Å². The topological polar surface area (TPSA) is 17.1 Å². The number of halogens is 1. The third-order valence-corrected chi connectivity index (χ3v) is 3.93. The van der Waals surface area contributed by atoms with E-state index >= 15 is 0 Å². The lowest BCUT2D eigenvalue weighted by Crippen LogP contribution is -2.17. The highest BCUT2D eigenvalue weighted by molar-refractivity contribution is 6.37. The van der Waals surface area contributed by atoms with Gasteiger partial charge in [-0.05, 0) is 30.1 Å². The Labute approximate surface area is 107 Å². The largest absolute Gasteiger partial charge is 0.293 e. The number of hydrogen-bond acceptors (Lipinski definition) is 1. The minimum absolute atomic E-state index is 0.101. The van der Waals surface area contributed by atoms with Crippen molar-refractivity contribution in [2.45, 2.75) is 32.1 Å². The molecule has 1 aliphatic rings. The zero-order valence-corrected chi connectivity index (χ0v) is 11.0. The average Bonchev–Trinajstić information content (AvgIpc) is 2.56. The van der Waals surface area contributed by atoms with Gasteiger partial charge in [-0.25, -0.2) is 0 Å². The fourth-order valence-corrected chi connectivity index (χ4v) is 3.01. The summed E-state index contributed by atoms with van der Waals surface area (Å²) >= 11 is 6.26. The Balaban J connectivity index is 2.45. The molecule has 0 spiro atoms. The van der Waals surface area contributed by atoms with Crippen molar-refractivity contribution in [3.63, 3.8) is 0 Å². The maximum atomic E-state index is 12.0. The molecule has 0 amide bonds. The molecule has 0 fully saturated rings. The number of carbonyl (C=O) groups excluding carboxylic acids is 1. The molecule has 1 aromatic rings. The van der Waals surface area contributed by atoms with Crippen LogP contribution in [0.25, 0.3) is 5.57 Å². The number of rotatable bonds is 3. The molecule has 90 valence electrons. The molecule has 0 heterocycles. The van der Waals surface area contributed by atoms with Crippen LogP contribution in [0.3, 0.4) is 0 Å². The Morgan fingerprint density at radius 2 is 1.88 bits per heavy atom. The van der Waals surface area contributed by atoms with Crippen molar-refractivity contribution in [2.75, 3.05) is 0 Å². The number of allylic oxidation sites excluding steroid dienone is 2. The Hall–Kier alpha value is -1.08. The van der Waals surface area contributed by atoms with Crippen molar-refractivity contribution >= 4 is 23.0 Å². The second-order valence-corrected chi connectivity index (χ2v) is 5.04. The summed E-state index contributed by atoms with van der Waals surface area (Å²) in [5.41, 5.74) is 3.13. The van der Waals surface area contributed by atoms with E-state index in [1.165, 1.54) is 0 Å².